The summed E-state index contributed by atoms with van der Waals surface area (Å²) in [6, 6.07) is 19.7. The maximum Gasteiger partial charge on any atom is 0.410 e. The van der Waals surface area contributed by atoms with Gasteiger partial charge in [-0.25, -0.2) is 13.2 Å². The van der Waals surface area contributed by atoms with Crippen LogP contribution in [0, 0.1) is 11.3 Å². The van der Waals surface area contributed by atoms with Gasteiger partial charge in [0.25, 0.3) is 0 Å². The fraction of sp³-hybridized carbons (Fsp3) is 0.438. The van der Waals surface area contributed by atoms with Crippen LogP contribution in [-0.4, -0.2) is 56.9 Å². The van der Waals surface area contributed by atoms with Crippen LogP contribution >= 0.6 is 0 Å². The molecular weight excluding hydrogens is 536 g/mol. The molecule has 216 valence electrons. The van der Waals surface area contributed by atoms with E-state index >= 15 is 0 Å². The van der Waals surface area contributed by atoms with E-state index in [2.05, 4.69) is 24.1 Å². The van der Waals surface area contributed by atoms with E-state index in [1.807, 2.05) is 63.2 Å². The molecule has 2 aliphatic rings. The highest BCUT2D eigenvalue weighted by molar-refractivity contribution is 7.92. The maximum absolute atomic E-state index is 13.4. The van der Waals surface area contributed by atoms with Gasteiger partial charge < -0.3 is 14.5 Å². The van der Waals surface area contributed by atoms with Gasteiger partial charge in [-0.3, -0.25) is 4.31 Å². The van der Waals surface area contributed by atoms with E-state index in [0.717, 1.165) is 46.1 Å². The largest absolute Gasteiger partial charge is 0.444 e. The van der Waals surface area contributed by atoms with Gasteiger partial charge in [0.1, 0.15) is 5.60 Å². The Balaban J connectivity index is 1.39. The number of rotatable bonds is 5. The van der Waals surface area contributed by atoms with Gasteiger partial charge >= 0.3 is 6.09 Å². The van der Waals surface area contributed by atoms with Crippen LogP contribution in [0.15, 0.2) is 54.6 Å². The molecule has 9 heteroatoms. The van der Waals surface area contributed by atoms with Gasteiger partial charge in [0.2, 0.25) is 10.0 Å². The van der Waals surface area contributed by atoms with Gasteiger partial charge in [-0.05, 0) is 98.8 Å². The molecule has 3 aromatic carbocycles. The normalized spacial score (nSPS) is 17.8. The third-order valence-corrected chi connectivity index (χ3v) is 9.89. The molecule has 41 heavy (non-hydrogen) atoms. The van der Waals surface area contributed by atoms with Gasteiger partial charge in [0.05, 0.1) is 29.1 Å². The summed E-state index contributed by atoms with van der Waals surface area (Å²) in [7, 11) is -1.47. The average Bonchev–Trinajstić information content (AvgIpc) is 3.35. The zero-order valence-corrected chi connectivity index (χ0v) is 25.2. The number of likely N-dealkylation sites (tertiary alicyclic amines) is 1. The second kappa shape index (κ2) is 10.9. The quantitative estimate of drug-likeness (QED) is 0.371. The molecule has 8 nitrogen and oxygen atoms in total. The summed E-state index contributed by atoms with van der Waals surface area (Å²) >= 11 is 0. The molecule has 3 aromatic rings. The predicted molar refractivity (Wildman–Crippen MR) is 163 cm³/mol. The first-order valence-electron chi connectivity index (χ1n) is 14.2. The highest BCUT2D eigenvalue weighted by atomic mass is 32.2. The van der Waals surface area contributed by atoms with Crippen molar-refractivity contribution in [3.63, 3.8) is 0 Å². The molecule has 0 aromatic heterocycles. The van der Waals surface area contributed by atoms with E-state index in [-0.39, 0.29) is 23.9 Å². The third-order valence-electron chi connectivity index (χ3n) is 8.11. The van der Waals surface area contributed by atoms with E-state index in [0.29, 0.717) is 25.1 Å². The summed E-state index contributed by atoms with van der Waals surface area (Å²) in [6.07, 6.45) is 1.95. The number of sulfonamides is 1. The third kappa shape index (κ3) is 5.84. The fourth-order valence-corrected chi connectivity index (χ4v) is 7.22. The van der Waals surface area contributed by atoms with Gasteiger partial charge in [0.15, 0.2) is 0 Å². The highest BCUT2D eigenvalue weighted by Gasteiger charge is 2.38. The maximum atomic E-state index is 13.4. The van der Waals surface area contributed by atoms with Crippen LogP contribution in [0.2, 0.25) is 0 Å². The number of hydrogen-bond acceptors (Lipinski definition) is 6. The Bertz CT molecular complexity index is 1610. The Hall–Kier alpha value is -3.77. The Morgan fingerprint density at radius 3 is 2.41 bits per heavy atom. The summed E-state index contributed by atoms with van der Waals surface area (Å²) in [4.78, 5) is 16.5. The fourth-order valence-electron chi connectivity index (χ4n) is 5.88. The number of amides is 1. The predicted octanol–water partition coefficient (Wildman–Crippen LogP) is 6.00. The number of benzene rings is 3. The van der Waals surface area contributed by atoms with Gasteiger partial charge in [-0.1, -0.05) is 18.2 Å². The zero-order chi connectivity index (χ0) is 29.5. The number of nitrogens with zero attached hydrogens (tertiary/aromatic N) is 4. The lowest BCUT2D eigenvalue weighted by Gasteiger charge is -2.38. The van der Waals surface area contributed by atoms with Crippen molar-refractivity contribution in [1.29, 1.82) is 5.26 Å². The molecule has 0 saturated carbocycles. The van der Waals surface area contributed by atoms with Crippen LogP contribution in [0.25, 0.3) is 10.8 Å². The van der Waals surface area contributed by atoms with E-state index in [9.17, 15) is 18.5 Å². The minimum absolute atomic E-state index is 0.00692. The molecule has 1 saturated heterocycles. The molecule has 5 rings (SSSR count). The second-order valence-corrected chi connectivity index (χ2v) is 14.1. The van der Waals surface area contributed by atoms with E-state index < -0.39 is 15.6 Å². The summed E-state index contributed by atoms with van der Waals surface area (Å²) in [6.45, 7) is 8.57. The van der Waals surface area contributed by atoms with Crippen molar-refractivity contribution in [3.8, 4) is 6.07 Å². The Morgan fingerprint density at radius 1 is 1.05 bits per heavy atom. The van der Waals surface area contributed by atoms with Gasteiger partial charge in [-0.15, -0.1) is 0 Å². The van der Waals surface area contributed by atoms with Gasteiger partial charge in [0, 0.05) is 38.3 Å². The number of fused-ring (bicyclic) bond motifs is 2. The van der Waals surface area contributed by atoms with Crippen LogP contribution in [-0.2, 0) is 21.2 Å². The van der Waals surface area contributed by atoms with Crippen LogP contribution < -0.4 is 9.21 Å². The monoisotopic (exact) mass is 574 g/mol. The standard InChI is InChI=1S/C32H38N4O4S/c1-6-41(38,39)36-29-12-11-28(34(5)27-13-15-35(16-14-27)31(37)40-32(2,3)4)19-26(29)20-30(36)24-10-9-23-8-7-22(21-33)17-25(23)18-24/h7-12,17-19,27,30H,6,13-16,20H2,1-5H3. The lowest BCUT2D eigenvalue weighted by atomic mass is 9.98. The molecule has 1 fully saturated rings. The van der Waals surface area contributed by atoms with Crippen molar-refractivity contribution in [2.45, 2.75) is 64.6 Å². The van der Waals surface area contributed by atoms with Crippen molar-refractivity contribution >= 4 is 38.3 Å². The number of anilines is 2. The Labute approximate surface area is 243 Å². The molecule has 1 amide bonds. The number of carbonyl (C=O) groups is 1. The lowest BCUT2D eigenvalue weighted by Crippen LogP contribution is -2.47. The van der Waals surface area contributed by atoms with Crippen LogP contribution in [0.3, 0.4) is 0 Å². The summed E-state index contributed by atoms with van der Waals surface area (Å²) in [5.41, 5.74) is 3.72. The first-order chi connectivity index (χ1) is 19.4. The number of ether oxygens (including phenoxy) is 1. The van der Waals surface area contributed by atoms with Crippen molar-refractivity contribution < 1.29 is 17.9 Å². The molecule has 0 radical (unpaired) electrons. The second-order valence-electron chi connectivity index (χ2n) is 12.0. The van der Waals surface area contributed by atoms with Crippen LogP contribution in [0.4, 0.5) is 16.2 Å². The van der Waals surface area contributed by atoms with E-state index in [4.69, 9.17) is 4.74 Å². The minimum Gasteiger partial charge on any atom is -0.444 e. The molecule has 0 bridgehead atoms. The summed E-state index contributed by atoms with van der Waals surface area (Å²) in [5.74, 6) is 0.00692. The molecular formula is C32H38N4O4S. The number of carbonyl (C=O) groups excluding carboxylic acids is 1. The van der Waals surface area contributed by atoms with E-state index in [1.165, 1.54) is 0 Å². The SMILES string of the molecule is CCS(=O)(=O)N1c2ccc(N(C)C3CCN(C(=O)OC(C)(C)C)CC3)cc2CC1c1ccc2ccc(C#N)cc2c1. The number of hydrogen-bond donors (Lipinski definition) is 0. The molecule has 2 heterocycles. The smallest absolute Gasteiger partial charge is 0.410 e. The Morgan fingerprint density at radius 2 is 1.76 bits per heavy atom. The van der Waals surface area contributed by atoms with Crippen LogP contribution in [0.5, 0.6) is 0 Å². The zero-order valence-electron chi connectivity index (χ0n) is 24.4. The average molecular weight is 575 g/mol. The lowest BCUT2D eigenvalue weighted by molar-refractivity contribution is 0.0205. The molecule has 1 atom stereocenters. The minimum atomic E-state index is -3.54. The first-order valence-corrected chi connectivity index (χ1v) is 15.8. The topological polar surface area (TPSA) is 94.0 Å². The molecule has 2 aliphatic heterocycles. The summed E-state index contributed by atoms with van der Waals surface area (Å²) < 4.78 is 33.9. The number of piperidine rings is 1. The molecule has 0 spiro atoms. The summed E-state index contributed by atoms with van der Waals surface area (Å²) in [5, 5.41) is 11.3. The number of nitriles is 1. The first kappa shape index (κ1) is 28.7. The molecule has 0 aliphatic carbocycles. The van der Waals surface area contributed by atoms with Crippen LogP contribution in [0.1, 0.15) is 63.3 Å². The van der Waals surface area contributed by atoms with Crippen molar-refractivity contribution in [3.05, 3.63) is 71.3 Å². The Kier molecular flexibility index (Phi) is 7.64. The van der Waals surface area contributed by atoms with Gasteiger partial charge in [-0.2, -0.15) is 5.26 Å². The highest BCUT2D eigenvalue weighted by Crippen LogP contribution is 2.44. The van der Waals surface area contributed by atoms with Crippen molar-refractivity contribution in [2.75, 3.05) is 35.1 Å². The van der Waals surface area contributed by atoms with Crippen molar-refractivity contribution in [2.24, 2.45) is 0 Å². The van der Waals surface area contributed by atoms with E-state index in [1.54, 1.807) is 22.2 Å². The molecule has 0 N–H and O–H groups in total. The van der Waals surface area contributed by atoms with Crippen molar-refractivity contribution in [1.82, 2.24) is 4.90 Å². The molecule has 1 unspecified atom stereocenters.